The van der Waals surface area contributed by atoms with Gasteiger partial charge in [0.2, 0.25) is 0 Å². The summed E-state index contributed by atoms with van der Waals surface area (Å²) < 4.78 is 9.76. The summed E-state index contributed by atoms with van der Waals surface area (Å²) >= 11 is 0. The minimum atomic E-state index is -0.512. The summed E-state index contributed by atoms with van der Waals surface area (Å²) in [4.78, 5) is 11.2. The van der Waals surface area contributed by atoms with Gasteiger partial charge in [-0.05, 0) is 27.2 Å². The summed E-state index contributed by atoms with van der Waals surface area (Å²) in [6.07, 6.45) is 5.11. The Morgan fingerprint density at radius 2 is 2.35 bits per heavy atom. The molecule has 1 unspecified atom stereocenters. The van der Waals surface area contributed by atoms with Crippen LogP contribution in [0.1, 0.15) is 23.9 Å². The molecule has 0 aliphatic heterocycles. The monoisotopic (exact) mass is 236 g/mol. The van der Waals surface area contributed by atoms with Crippen LogP contribution >= 0.6 is 0 Å². The predicted molar refractivity (Wildman–Crippen MR) is 62.5 cm³/mol. The van der Waals surface area contributed by atoms with E-state index >= 15 is 0 Å². The van der Waals surface area contributed by atoms with Gasteiger partial charge in [0, 0.05) is 11.6 Å². The number of alkyl carbamates (subject to hydrolysis) is 1. The highest BCUT2D eigenvalue weighted by Gasteiger charge is 2.14. The predicted octanol–water partition coefficient (Wildman–Crippen LogP) is 1.58. The second-order valence-corrected chi connectivity index (χ2v) is 3.83. The molecule has 5 heteroatoms. The van der Waals surface area contributed by atoms with Crippen molar-refractivity contribution >= 4 is 6.09 Å². The van der Waals surface area contributed by atoms with Gasteiger partial charge in [-0.25, -0.2) is 4.79 Å². The van der Waals surface area contributed by atoms with E-state index in [-0.39, 0.29) is 12.6 Å². The number of carbonyl (C=O) groups excluding carboxylic acids is 1. The number of rotatable bonds is 4. The van der Waals surface area contributed by atoms with E-state index in [1.165, 1.54) is 0 Å². The summed E-state index contributed by atoms with van der Waals surface area (Å²) in [7, 11) is 0. The van der Waals surface area contributed by atoms with Crippen LogP contribution in [0.25, 0.3) is 0 Å². The first-order valence-corrected chi connectivity index (χ1v) is 5.33. The molecule has 1 atom stereocenters. The first-order chi connectivity index (χ1) is 8.04. The molecule has 0 bridgehead atoms. The van der Waals surface area contributed by atoms with E-state index < -0.39 is 6.09 Å². The number of ether oxygens (including phenoxy) is 1. The van der Waals surface area contributed by atoms with Gasteiger partial charge >= 0.3 is 6.09 Å². The van der Waals surface area contributed by atoms with E-state index in [1.54, 1.807) is 0 Å². The fourth-order valence-electron chi connectivity index (χ4n) is 1.50. The number of hydrogen-bond acceptors (Lipinski definition) is 4. The molecule has 0 fully saturated rings. The molecule has 0 aromatic carbocycles. The standard InChI is InChI=1S/C12H16N2O3/c1-5-6-16-12(15)13-8(2)7-11-9(3)14-17-10(11)4/h1,8H,6-7H2,2-4H3,(H,13,15). The van der Waals surface area contributed by atoms with Crippen LogP contribution in [0.2, 0.25) is 0 Å². The Morgan fingerprint density at radius 1 is 1.65 bits per heavy atom. The Bertz CT molecular complexity index is 412. The molecule has 0 saturated carbocycles. The zero-order chi connectivity index (χ0) is 12.8. The lowest BCUT2D eigenvalue weighted by Gasteiger charge is -2.12. The molecule has 0 radical (unpaired) electrons. The maximum absolute atomic E-state index is 11.2. The molecule has 1 N–H and O–H groups in total. The number of nitrogens with one attached hydrogen (secondary N) is 1. The van der Waals surface area contributed by atoms with Gasteiger partial charge in [-0.1, -0.05) is 11.1 Å². The highest BCUT2D eigenvalue weighted by Crippen LogP contribution is 2.14. The van der Waals surface area contributed by atoms with Crippen LogP contribution in [0.4, 0.5) is 4.79 Å². The molecule has 1 amide bonds. The lowest BCUT2D eigenvalue weighted by molar-refractivity contribution is 0.156. The van der Waals surface area contributed by atoms with Crippen LogP contribution in [-0.2, 0) is 11.2 Å². The van der Waals surface area contributed by atoms with Crippen molar-refractivity contribution in [1.82, 2.24) is 10.5 Å². The first kappa shape index (κ1) is 13.1. The molecule has 1 rings (SSSR count). The quantitative estimate of drug-likeness (QED) is 0.806. The number of terminal acetylenes is 1. The van der Waals surface area contributed by atoms with Gasteiger partial charge in [-0.2, -0.15) is 0 Å². The molecule has 0 aliphatic rings. The van der Waals surface area contributed by atoms with Crippen LogP contribution in [0.3, 0.4) is 0 Å². The fourth-order valence-corrected chi connectivity index (χ4v) is 1.50. The smallest absolute Gasteiger partial charge is 0.408 e. The number of nitrogens with zero attached hydrogens (tertiary/aromatic N) is 1. The Labute approximate surface area is 101 Å². The summed E-state index contributed by atoms with van der Waals surface area (Å²) in [6, 6.07) is -0.0722. The van der Waals surface area contributed by atoms with Gasteiger partial charge < -0.3 is 14.6 Å². The number of hydrogen-bond donors (Lipinski definition) is 1. The molecule has 0 aliphatic carbocycles. The van der Waals surface area contributed by atoms with Crippen molar-refractivity contribution < 1.29 is 14.1 Å². The third kappa shape index (κ3) is 3.83. The Hall–Kier alpha value is -1.96. The Balaban J connectivity index is 2.48. The van der Waals surface area contributed by atoms with Gasteiger partial charge in [-0.15, -0.1) is 6.42 Å². The number of carbonyl (C=O) groups is 1. The maximum Gasteiger partial charge on any atom is 0.408 e. The van der Waals surface area contributed by atoms with Crippen molar-refractivity contribution in [3.05, 3.63) is 17.0 Å². The second-order valence-electron chi connectivity index (χ2n) is 3.83. The average molecular weight is 236 g/mol. The summed E-state index contributed by atoms with van der Waals surface area (Å²) in [5.74, 6) is 3.00. The molecule has 92 valence electrons. The molecule has 1 heterocycles. The third-order valence-electron chi connectivity index (χ3n) is 2.34. The van der Waals surface area contributed by atoms with Crippen LogP contribution in [0, 0.1) is 26.2 Å². The molecule has 5 nitrogen and oxygen atoms in total. The van der Waals surface area contributed by atoms with E-state index in [9.17, 15) is 4.79 Å². The van der Waals surface area contributed by atoms with E-state index in [0.717, 1.165) is 17.0 Å². The minimum absolute atomic E-state index is 0.0239. The maximum atomic E-state index is 11.2. The van der Waals surface area contributed by atoms with Crippen molar-refractivity contribution in [3.63, 3.8) is 0 Å². The molecule has 0 saturated heterocycles. The van der Waals surface area contributed by atoms with Crippen molar-refractivity contribution in [1.29, 1.82) is 0 Å². The van der Waals surface area contributed by atoms with Crippen molar-refractivity contribution in [2.45, 2.75) is 33.2 Å². The van der Waals surface area contributed by atoms with Gasteiger partial charge in [0.15, 0.2) is 6.61 Å². The van der Waals surface area contributed by atoms with E-state index in [1.807, 2.05) is 20.8 Å². The van der Waals surface area contributed by atoms with Crippen molar-refractivity contribution in [3.8, 4) is 12.3 Å². The summed E-state index contributed by atoms with van der Waals surface area (Å²) in [5.41, 5.74) is 1.85. The number of aromatic nitrogens is 1. The number of aryl methyl sites for hydroxylation is 2. The van der Waals surface area contributed by atoms with Gasteiger partial charge in [0.1, 0.15) is 5.76 Å². The van der Waals surface area contributed by atoms with Crippen LogP contribution in [0.5, 0.6) is 0 Å². The van der Waals surface area contributed by atoms with Crippen LogP contribution < -0.4 is 5.32 Å². The topological polar surface area (TPSA) is 64.4 Å². The zero-order valence-corrected chi connectivity index (χ0v) is 10.2. The third-order valence-corrected chi connectivity index (χ3v) is 2.34. The summed E-state index contributed by atoms with van der Waals surface area (Å²) in [6.45, 7) is 5.57. The van der Waals surface area contributed by atoms with Gasteiger partial charge in [0.25, 0.3) is 0 Å². The molecule has 1 aromatic heterocycles. The molecule has 17 heavy (non-hydrogen) atoms. The highest BCUT2D eigenvalue weighted by molar-refractivity contribution is 5.67. The lowest BCUT2D eigenvalue weighted by Crippen LogP contribution is -2.34. The fraction of sp³-hybridized carbons (Fsp3) is 0.500. The Kier molecular flexibility index (Phi) is 4.58. The highest BCUT2D eigenvalue weighted by atomic mass is 16.5. The van der Waals surface area contributed by atoms with E-state index in [0.29, 0.717) is 6.42 Å². The van der Waals surface area contributed by atoms with Crippen LogP contribution in [-0.4, -0.2) is 23.9 Å². The van der Waals surface area contributed by atoms with Crippen molar-refractivity contribution in [2.24, 2.45) is 0 Å². The number of amides is 1. The molecule has 0 spiro atoms. The Morgan fingerprint density at radius 3 is 2.88 bits per heavy atom. The normalized spacial score (nSPS) is 11.6. The SMILES string of the molecule is C#CCOC(=O)NC(C)Cc1c(C)noc1C. The lowest BCUT2D eigenvalue weighted by atomic mass is 10.1. The average Bonchev–Trinajstić information content (AvgIpc) is 2.58. The molecule has 1 aromatic rings. The largest absolute Gasteiger partial charge is 0.436 e. The first-order valence-electron chi connectivity index (χ1n) is 5.33. The van der Waals surface area contributed by atoms with E-state index in [4.69, 9.17) is 15.7 Å². The van der Waals surface area contributed by atoms with Crippen molar-refractivity contribution in [2.75, 3.05) is 6.61 Å². The summed E-state index contributed by atoms with van der Waals surface area (Å²) in [5, 5.41) is 6.53. The van der Waals surface area contributed by atoms with Gasteiger partial charge in [0.05, 0.1) is 5.69 Å². The zero-order valence-electron chi connectivity index (χ0n) is 10.2. The van der Waals surface area contributed by atoms with Crippen LogP contribution in [0.15, 0.2) is 4.52 Å². The molecular weight excluding hydrogens is 220 g/mol. The molecular formula is C12H16N2O3. The minimum Gasteiger partial charge on any atom is -0.436 e. The van der Waals surface area contributed by atoms with E-state index in [2.05, 4.69) is 16.4 Å². The van der Waals surface area contributed by atoms with Gasteiger partial charge in [-0.3, -0.25) is 0 Å². The second kappa shape index (κ2) is 5.94.